The zero-order valence-electron chi connectivity index (χ0n) is 20.0. The average Bonchev–Trinajstić information content (AvgIpc) is 3.01. The van der Waals surface area contributed by atoms with Crippen molar-refractivity contribution >= 4 is 17.5 Å². The van der Waals surface area contributed by atoms with Gasteiger partial charge in [0.25, 0.3) is 0 Å². The molecule has 6 heteroatoms. The SMILES string of the molecule is CCCCC(=O)OCC(=O)[C@H]1[C@@H](C)C[C@H]2C3=C([C@@H](O)C[C@@]21C)[C@@]1(C)C=CC(=O)C=C1[C@@H](F)C3. The molecule has 0 amide bonds. The maximum Gasteiger partial charge on any atom is 0.306 e. The topological polar surface area (TPSA) is 80.7 Å². The van der Waals surface area contributed by atoms with Gasteiger partial charge in [0, 0.05) is 24.2 Å². The number of hydrogen-bond donors (Lipinski definition) is 1. The number of aliphatic hydroxyl groups excluding tert-OH is 1. The molecule has 5 nitrogen and oxygen atoms in total. The molecule has 33 heavy (non-hydrogen) atoms. The van der Waals surface area contributed by atoms with Gasteiger partial charge in [0.1, 0.15) is 12.8 Å². The Balaban J connectivity index is 1.64. The van der Waals surface area contributed by atoms with Crippen LogP contribution in [0.25, 0.3) is 0 Å². The van der Waals surface area contributed by atoms with Crippen LogP contribution in [-0.2, 0) is 19.1 Å². The van der Waals surface area contributed by atoms with Gasteiger partial charge in [-0.25, -0.2) is 4.39 Å². The fourth-order valence-electron chi connectivity index (χ4n) is 7.29. The quantitative estimate of drug-likeness (QED) is 0.470. The van der Waals surface area contributed by atoms with E-state index in [1.807, 2.05) is 27.7 Å². The van der Waals surface area contributed by atoms with Gasteiger partial charge in [-0.3, -0.25) is 14.4 Å². The Morgan fingerprint density at radius 1 is 1.30 bits per heavy atom. The Labute approximate surface area is 195 Å². The van der Waals surface area contributed by atoms with Crippen molar-refractivity contribution in [3.05, 3.63) is 34.9 Å². The van der Waals surface area contributed by atoms with Crippen LogP contribution >= 0.6 is 0 Å². The summed E-state index contributed by atoms with van der Waals surface area (Å²) in [7, 11) is 0. The highest BCUT2D eigenvalue weighted by Gasteiger charge is 2.61. The average molecular weight is 459 g/mol. The molecular formula is C27H35FO5. The molecule has 0 aromatic heterocycles. The maximum atomic E-state index is 15.4. The molecular weight excluding hydrogens is 423 g/mol. The van der Waals surface area contributed by atoms with Gasteiger partial charge in [0.05, 0.1) is 6.10 Å². The number of ether oxygens (including phenoxy) is 1. The lowest BCUT2D eigenvalue weighted by Crippen LogP contribution is -2.49. The molecule has 0 aliphatic heterocycles. The second-order valence-electron chi connectivity index (χ2n) is 10.8. The normalized spacial score (nSPS) is 39.5. The van der Waals surface area contributed by atoms with E-state index in [4.69, 9.17) is 4.74 Å². The zero-order chi connectivity index (χ0) is 24.1. The maximum absolute atomic E-state index is 15.4. The van der Waals surface area contributed by atoms with E-state index in [-0.39, 0.29) is 48.3 Å². The van der Waals surface area contributed by atoms with Crippen LogP contribution < -0.4 is 0 Å². The van der Waals surface area contributed by atoms with Crippen molar-refractivity contribution < 1.29 is 28.6 Å². The van der Waals surface area contributed by atoms with Crippen molar-refractivity contribution in [3.8, 4) is 0 Å². The lowest BCUT2D eigenvalue weighted by atomic mass is 9.53. The number of alkyl halides is 1. The molecule has 0 aromatic carbocycles. The summed E-state index contributed by atoms with van der Waals surface area (Å²) in [5.41, 5.74) is 0.788. The van der Waals surface area contributed by atoms with Crippen molar-refractivity contribution in [1.29, 1.82) is 0 Å². The third-order valence-corrected chi connectivity index (χ3v) is 8.65. The van der Waals surface area contributed by atoms with E-state index in [0.717, 1.165) is 30.4 Å². The van der Waals surface area contributed by atoms with Crippen LogP contribution in [0, 0.1) is 28.6 Å². The first kappa shape index (κ1) is 24.1. The summed E-state index contributed by atoms with van der Waals surface area (Å²) in [5.74, 6) is -1.05. The number of Topliss-reactive ketones (excluding diaryl/α,β-unsaturated/α-hetero) is 1. The number of ketones is 2. The monoisotopic (exact) mass is 458 g/mol. The number of allylic oxidation sites excluding steroid dienone is 5. The molecule has 0 bridgehead atoms. The van der Waals surface area contributed by atoms with Crippen LogP contribution in [0.15, 0.2) is 34.9 Å². The predicted molar refractivity (Wildman–Crippen MR) is 122 cm³/mol. The van der Waals surface area contributed by atoms with Gasteiger partial charge in [-0.15, -0.1) is 0 Å². The Hall–Kier alpha value is -2.08. The van der Waals surface area contributed by atoms with Crippen molar-refractivity contribution in [1.82, 2.24) is 0 Å². The van der Waals surface area contributed by atoms with E-state index in [1.54, 1.807) is 6.08 Å². The highest BCUT2D eigenvalue weighted by Crippen LogP contribution is 2.65. The van der Waals surface area contributed by atoms with E-state index < -0.39 is 23.1 Å². The molecule has 0 spiro atoms. The summed E-state index contributed by atoms with van der Waals surface area (Å²) >= 11 is 0. The second-order valence-corrected chi connectivity index (χ2v) is 10.8. The molecule has 7 atom stereocenters. The van der Waals surface area contributed by atoms with E-state index in [1.165, 1.54) is 12.2 Å². The van der Waals surface area contributed by atoms with Crippen molar-refractivity contribution in [2.24, 2.45) is 28.6 Å². The zero-order valence-corrected chi connectivity index (χ0v) is 20.0. The lowest BCUT2D eigenvalue weighted by Gasteiger charge is -2.52. The Morgan fingerprint density at radius 3 is 2.73 bits per heavy atom. The number of hydrogen-bond acceptors (Lipinski definition) is 5. The minimum Gasteiger partial charge on any atom is -0.458 e. The highest BCUT2D eigenvalue weighted by molar-refractivity contribution is 6.01. The van der Waals surface area contributed by atoms with Gasteiger partial charge in [-0.2, -0.15) is 0 Å². The van der Waals surface area contributed by atoms with Crippen LogP contribution in [0.5, 0.6) is 0 Å². The summed E-state index contributed by atoms with van der Waals surface area (Å²) in [5, 5.41) is 11.4. The molecule has 1 saturated carbocycles. The molecule has 1 N–H and O–H groups in total. The summed E-state index contributed by atoms with van der Waals surface area (Å²) in [6.45, 7) is 7.68. The van der Waals surface area contributed by atoms with E-state index in [2.05, 4.69) is 0 Å². The first-order valence-corrected chi connectivity index (χ1v) is 12.2. The molecule has 1 fully saturated rings. The molecule has 180 valence electrons. The molecule has 0 aromatic rings. The number of halogens is 1. The molecule has 4 aliphatic rings. The minimum atomic E-state index is -1.29. The summed E-state index contributed by atoms with van der Waals surface area (Å²) in [6.07, 6.45) is 5.64. The van der Waals surface area contributed by atoms with Gasteiger partial charge in [0.2, 0.25) is 0 Å². The van der Waals surface area contributed by atoms with E-state index >= 15 is 4.39 Å². The van der Waals surface area contributed by atoms with Gasteiger partial charge < -0.3 is 9.84 Å². The Morgan fingerprint density at radius 2 is 2.03 bits per heavy atom. The van der Waals surface area contributed by atoms with Crippen LogP contribution in [0.4, 0.5) is 4.39 Å². The van der Waals surface area contributed by atoms with Crippen molar-refractivity contribution in [2.75, 3.05) is 6.61 Å². The van der Waals surface area contributed by atoms with Crippen molar-refractivity contribution in [2.45, 2.75) is 78.5 Å². The van der Waals surface area contributed by atoms with Gasteiger partial charge in [-0.05, 0) is 66.7 Å². The van der Waals surface area contributed by atoms with Crippen molar-refractivity contribution in [3.63, 3.8) is 0 Å². The highest BCUT2D eigenvalue weighted by atomic mass is 19.1. The smallest absolute Gasteiger partial charge is 0.306 e. The second kappa shape index (κ2) is 8.61. The van der Waals surface area contributed by atoms with E-state index in [0.29, 0.717) is 18.4 Å². The number of aliphatic hydroxyl groups is 1. The summed E-state index contributed by atoms with van der Waals surface area (Å²) in [4.78, 5) is 37.1. The number of carbonyl (C=O) groups is 3. The van der Waals surface area contributed by atoms with Crippen LogP contribution in [0.1, 0.15) is 66.2 Å². The number of rotatable bonds is 6. The van der Waals surface area contributed by atoms with E-state index in [9.17, 15) is 19.5 Å². The van der Waals surface area contributed by atoms with Gasteiger partial charge >= 0.3 is 5.97 Å². The summed E-state index contributed by atoms with van der Waals surface area (Å²) < 4.78 is 20.7. The molecule has 0 unspecified atom stereocenters. The molecule has 0 radical (unpaired) electrons. The molecule has 0 saturated heterocycles. The predicted octanol–water partition coefficient (Wildman–Crippen LogP) is 4.44. The number of esters is 1. The number of carbonyl (C=O) groups excluding carboxylic acids is 3. The standard InChI is InChI=1S/C27H35FO5/c1-5-6-7-23(32)33-14-22(31)24-15(2)10-18-17-12-20(28)19-11-16(29)8-9-26(19,3)25(17)21(30)13-27(18,24)4/h8-9,11,15,18,20-21,24,30H,5-7,10,12-14H2,1-4H3/t15-,18-,20-,21-,24+,26-,27-/m0/s1. The number of unbranched alkanes of at least 4 members (excludes halogenated alkanes) is 1. The lowest BCUT2D eigenvalue weighted by molar-refractivity contribution is -0.151. The first-order valence-electron chi connectivity index (χ1n) is 12.2. The Bertz CT molecular complexity index is 962. The fourth-order valence-corrected chi connectivity index (χ4v) is 7.29. The minimum absolute atomic E-state index is 0.0294. The molecule has 4 aliphatic carbocycles. The first-order chi connectivity index (χ1) is 15.5. The third kappa shape index (κ3) is 3.84. The van der Waals surface area contributed by atoms with Gasteiger partial charge in [0.15, 0.2) is 11.6 Å². The largest absolute Gasteiger partial charge is 0.458 e. The molecule has 4 rings (SSSR count). The fraction of sp³-hybridized carbons (Fsp3) is 0.667. The summed E-state index contributed by atoms with van der Waals surface area (Å²) in [6, 6.07) is 0. The number of fused-ring (bicyclic) bond motifs is 4. The van der Waals surface area contributed by atoms with Crippen LogP contribution in [-0.4, -0.2) is 41.5 Å². The molecule has 0 heterocycles. The Kier molecular flexibility index (Phi) is 6.27. The van der Waals surface area contributed by atoms with Crippen LogP contribution in [0.2, 0.25) is 0 Å². The van der Waals surface area contributed by atoms with Crippen LogP contribution in [0.3, 0.4) is 0 Å². The third-order valence-electron chi connectivity index (χ3n) is 8.65. The van der Waals surface area contributed by atoms with Gasteiger partial charge in [-0.1, -0.05) is 38.8 Å².